The van der Waals surface area contributed by atoms with Crippen LogP contribution in [0.3, 0.4) is 0 Å². The van der Waals surface area contributed by atoms with Gasteiger partial charge in [0.05, 0.1) is 12.8 Å². The molecule has 0 bridgehead atoms. The lowest BCUT2D eigenvalue weighted by Crippen LogP contribution is -2.43. The zero-order valence-electron chi connectivity index (χ0n) is 6.91. The predicted molar refractivity (Wildman–Crippen MR) is 41.7 cm³/mol. The van der Waals surface area contributed by atoms with E-state index in [0.717, 1.165) is 0 Å². The van der Waals surface area contributed by atoms with Crippen LogP contribution in [0.4, 0.5) is 0 Å². The van der Waals surface area contributed by atoms with Gasteiger partial charge in [-0.1, -0.05) is 6.92 Å². The van der Waals surface area contributed by atoms with E-state index in [-0.39, 0.29) is 12.8 Å². The number of hydrogen-bond donors (Lipinski definition) is 3. The molecule has 0 aromatic carbocycles. The molecular formula is C7H13NO4. The minimum absolute atomic E-state index is 0.310. The fourth-order valence-electron chi connectivity index (χ4n) is 0.915. The van der Waals surface area contributed by atoms with Gasteiger partial charge in [-0.25, -0.2) is 0 Å². The first-order valence-corrected chi connectivity index (χ1v) is 3.62. The van der Waals surface area contributed by atoms with Crippen molar-refractivity contribution in [1.82, 2.24) is 0 Å². The van der Waals surface area contributed by atoms with Crippen LogP contribution in [0.5, 0.6) is 0 Å². The Labute approximate surface area is 70.2 Å². The van der Waals surface area contributed by atoms with Crippen LogP contribution in [0.1, 0.15) is 26.2 Å². The second-order valence-corrected chi connectivity index (χ2v) is 2.86. The van der Waals surface area contributed by atoms with Gasteiger partial charge in [-0.05, 0) is 6.42 Å². The molecule has 4 N–H and O–H groups in total. The molecule has 5 heteroatoms. The zero-order valence-corrected chi connectivity index (χ0v) is 6.91. The van der Waals surface area contributed by atoms with E-state index in [1.165, 1.54) is 0 Å². The van der Waals surface area contributed by atoms with Gasteiger partial charge in [0.2, 0.25) is 0 Å². The minimum atomic E-state index is -1.11. The summed E-state index contributed by atoms with van der Waals surface area (Å²) in [7, 11) is 0. The molecule has 5 nitrogen and oxygen atoms in total. The lowest BCUT2D eigenvalue weighted by molar-refractivity contribution is -0.141. The second kappa shape index (κ2) is 4.06. The van der Waals surface area contributed by atoms with E-state index in [1.807, 2.05) is 0 Å². The first-order chi connectivity index (χ1) is 5.39. The Morgan fingerprint density at radius 3 is 1.75 bits per heavy atom. The largest absolute Gasteiger partial charge is 0.481 e. The summed E-state index contributed by atoms with van der Waals surface area (Å²) in [6.45, 7) is 1.67. The molecule has 0 aliphatic rings. The molecule has 0 saturated heterocycles. The summed E-state index contributed by atoms with van der Waals surface area (Å²) in [5.74, 6) is -2.14. The highest BCUT2D eigenvalue weighted by atomic mass is 16.4. The number of carboxylic acid groups (broad SMARTS) is 2. The van der Waals surface area contributed by atoms with Gasteiger partial charge in [0, 0.05) is 5.54 Å². The molecule has 0 heterocycles. The third-order valence-corrected chi connectivity index (χ3v) is 1.71. The Bertz CT molecular complexity index is 174. The van der Waals surface area contributed by atoms with Gasteiger partial charge in [0.15, 0.2) is 0 Å². The smallest absolute Gasteiger partial charge is 0.305 e. The third-order valence-electron chi connectivity index (χ3n) is 1.71. The van der Waals surface area contributed by atoms with Gasteiger partial charge in [-0.15, -0.1) is 0 Å². The van der Waals surface area contributed by atoms with Crippen LogP contribution in [0.2, 0.25) is 0 Å². The molecule has 0 aromatic heterocycles. The lowest BCUT2D eigenvalue weighted by Gasteiger charge is -2.23. The maximum atomic E-state index is 10.3. The highest BCUT2D eigenvalue weighted by molar-refractivity contribution is 5.72. The van der Waals surface area contributed by atoms with Crippen molar-refractivity contribution in [3.05, 3.63) is 0 Å². The van der Waals surface area contributed by atoms with Gasteiger partial charge < -0.3 is 15.9 Å². The fraction of sp³-hybridized carbons (Fsp3) is 0.714. The summed E-state index contributed by atoms with van der Waals surface area (Å²) in [6, 6.07) is 0. The minimum Gasteiger partial charge on any atom is -0.481 e. The van der Waals surface area contributed by atoms with Crippen molar-refractivity contribution in [2.75, 3.05) is 0 Å². The molecule has 0 aromatic rings. The number of carbonyl (C=O) groups is 2. The van der Waals surface area contributed by atoms with Crippen molar-refractivity contribution in [2.24, 2.45) is 5.73 Å². The number of hydrogen-bond acceptors (Lipinski definition) is 3. The van der Waals surface area contributed by atoms with Crippen LogP contribution < -0.4 is 5.73 Å². The molecule has 0 radical (unpaired) electrons. The van der Waals surface area contributed by atoms with E-state index in [9.17, 15) is 9.59 Å². The number of rotatable bonds is 5. The first-order valence-electron chi connectivity index (χ1n) is 3.62. The van der Waals surface area contributed by atoms with E-state index in [4.69, 9.17) is 15.9 Å². The Kier molecular flexibility index (Phi) is 3.69. The molecule has 0 amide bonds. The average molecular weight is 175 g/mol. The van der Waals surface area contributed by atoms with E-state index >= 15 is 0 Å². The topological polar surface area (TPSA) is 101 Å². The molecule has 0 unspecified atom stereocenters. The van der Waals surface area contributed by atoms with Gasteiger partial charge in [0.1, 0.15) is 0 Å². The molecule has 12 heavy (non-hydrogen) atoms. The van der Waals surface area contributed by atoms with E-state index in [1.54, 1.807) is 6.92 Å². The van der Waals surface area contributed by atoms with Crippen LogP contribution >= 0.6 is 0 Å². The number of carboxylic acids is 2. The summed E-state index contributed by atoms with van der Waals surface area (Å²) in [5, 5.41) is 16.8. The average Bonchev–Trinajstić information content (AvgIpc) is 1.83. The number of aliphatic carboxylic acids is 2. The first kappa shape index (κ1) is 10.9. The van der Waals surface area contributed by atoms with Gasteiger partial charge >= 0.3 is 11.9 Å². The molecule has 0 spiro atoms. The Hall–Kier alpha value is -1.10. The van der Waals surface area contributed by atoms with Crippen LogP contribution in [0.15, 0.2) is 0 Å². The van der Waals surface area contributed by atoms with Crippen molar-refractivity contribution in [1.29, 1.82) is 0 Å². The summed E-state index contributed by atoms with van der Waals surface area (Å²) < 4.78 is 0. The summed E-state index contributed by atoms with van der Waals surface area (Å²) >= 11 is 0. The molecule has 0 aliphatic carbocycles. The monoisotopic (exact) mass is 175 g/mol. The van der Waals surface area contributed by atoms with Crippen molar-refractivity contribution in [2.45, 2.75) is 31.7 Å². The Balaban J connectivity index is 4.23. The van der Waals surface area contributed by atoms with Crippen LogP contribution in [0, 0.1) is 0 Å². The van der Waals surface area contributed by atoms with Crippen molar-refractivity contribution >= 4 is 11.9 Å². The molecule has 0 saturated carbocycles. The normalized spacial score (nSPS) is 11.2. The van der Waals surface area contributed by atoms with Crippen LogP contribution in [-0.2, 0) is 9.59 Å². The third kappa shape index (κ3) is 3.92. The predicted octanol–water partition coefficient (Wildman–Crippen LogP) is 0.0433. The molecular weight excluding hydrogens is 162 g/mol. The summed E-state index contributed by atoms with van der Waals surface area (Å²) in [5.41, 5.74) is 4.42. The molecule has 0 aliphatic heterocycles. The summed E-state index contributed by atoms with van der Waals surface area (Å²) in [4.78, 5) is 20.6. The molecule has 0 atom stereocenters. The van der Waals surface area contributed by atoms with Gasteiger partial charge in [0.25, 0.3) is 0 Å². The highest BCUT2D eigenvalue weighted by Crippen LogP contribution is 2.16. The quantitative estimate of drug-likeness (QED) is 0.547. The van der Waals surface area contributed by atoms with Crippen molar-refractivity contribution in [3.63, 3.8) is 0 Å². The zero-order chi connectivity index (χ0) is 9.78. The SMILES string of the molecule is CCC(N)(CC(=O)O)CC(=O)O. The lowest BCUT2D eigenvalue weighted by atomic mass is 9.90. The fourth-order valence-corrected chi connectivity index (χ4v) is 0.915. The maximum Gasteiger partial charge on any atom is 0.305 e. The Morgan fingerprint density at radius 2 is 1.58 bits per heavy atom. The van der Waals surface area contributed by atoms with E-state index in [2.05, 4.69) is 0 Å². The van der Waals surface area contributed by atoms with Crippen LogP contribution in [0.25, 0.3) is 0 Å². The molecule has 0 fully saturated rings. The van der Waals surface area contributed by atoms with Gasteiger partial charge in [-0.2, -0.15) is 0 Å². The van der Waals surface area contributed by atoms with E-state index < -0.39 is 17.5 Å². The molecule has 70 valence electrons. The maximum absolute atomic E-state index is 10.3. The van der Waals surface area contributed by atoms with E-state index in [0.29, 0.717) is 6.42 Å². The second-order valence-electron chi connectivity index (χ2n) is 2.86. The van der Waals surface area contributed by atoms with Crippen molar-refractivity contribution in [3.8, 4) is 0 Å². The Morgan fingerprint density at radius 1 is 1.25 bits per heavy atom. The molecule has 0 rings (SSSR count). The van der Waals surface area contributed by atoms with Crippen molar-refractivity contribution < 1.29 is 19.8 Å². The highest BCUT2D eigenvalue weighted by Gasteiger charge is 2.28. The summed E-state index contributed by atoms with van der Waals surface area (Å²) in [6.07, 6.45) is -0.281. The van der Waals surface area contributed by atoms with Gasteiger partial charge in [-0.3, -0.25) is 9.59 Å². The standard InChI is InChI=1S/C7H13NO4/c1-2-7(8,3-5(9)10)4-6(11)12/h2-4,8H2,1H3,(H,9,10)(H,11,12). The number of nitrogens with two attached hydrogens (primary N) is 1. The van der Waals surface area contributed by atoms with Crippen LogP contribution in [-0.4, -0.2) is 27.7 Å².